The number of esters is 4. The van der Waals surface area contributed by atoms with Gasteiger partial charge in [-0.1, -0.05) is 36.4 Å². The standard InChI is InChI=1S/C22H18O13/c23-13(17(25)26)14(24)21(31)35-22(32)16(34-20(30)12-9-5-2-6-10-12)15(18(27)28)33-19(29)11-7-3-1-4-8-11/h1-10,13-16,23-24H,(H,25,26)(H,27,28). The number of rotatable bonds is 10. The van der Waals surface area contributed by atoms with Gasteiger partial charge >= 0.3 is 35.8 Å². The van der Waals surface area contributed by atoms with Crippen LogP contribution in [0.1, 0.15) is 20.7 Å². The normalized spacial score (nSPS) is 13.9. The van der Waals surface area contributed by atoms with Gasteiger partial charge < -0.3 is 34.6 Å². The first-order chi connectivity index (χ1) is 16.5. The van der Waals surface area contributed by atoms with Gasteiger partial charge in [0, 0.05) is 0 Å². The lowest BCUT2D eigenvalue weighted by atomic mass is 10.1. The van der Waals surface area contributed by atoms with Crippen molar-refractivity contribution < 1.29 is 63.4 Å². The number of carboxylic acids is 2. The first-order valence-electron chi connectivity index (χ1n) is 9.62. The van der Waals surface area contributed by atoms with Gasteiger partial charge in [-0.3, -0.25) is 0 Å². The molecule has 0 amide bonds. The highest BCUT2D eigenvalue weighted by molar-refractivity contribution is 5.98. The zero-order valence-corrected chi connectivity index (χ0v) is 17.5. The minimum Gasteiger partial charge on any atom is -0.479 e. The lowest BCUT2D eigenvalue weighted by Crippen LogP contribution is -2.49. The predicted molar refractivity (Wildman–Crippen MR) is 110 cm³/mol. The maximum absolute atomic E-state index is 12.6. The Morgan fingerprint density at radius 3 is 1.40 bits per heavy atom. The van der Waals surface area contributed by atoms with Gasteiger partial charge in [0.25, 0.3) is 0 Å². The van der Waals surface area contributed by atoms with Crippen LogP contribution in [-0.2, 0) is 33.4 Å². The monoisotopic (exact) mass is 490 g/mol. The molecule has 0 aliphatic rings. The SMILES string of the molecule is O=C(OC(C(=O)O)C(OC(=O)c1ccccc1)C(=O)OC(=O)C(O)C(O)C(=O)O)c1ccccc1. The maximum atomic E-state index is 12.6. The van der Waals surface area contributed by atoms with Gasteiger partial charge in [0.1, 0.15) is 0 Å². The number of hydrogen-bond donors (Lipinski definition) is 4. The number of carbonyl (C=O) groups is 6. The molecule has 0 heterocycles. The molecule has 0 aliphatic heterocycles. The van der Waals surface area contributed by atoms with Crippen molar-refractivity contribution in [3.63, 3.8) is 0 Å². The van der Waals surface area contributed by atoms with Crippen molar-refractivity contribution in [2.45, 2.75) is 24.4 Å². The van der Waals surface area contributed by atoms with Crippen LogP contribution in [0.15, 0.2) is 60.7 Å². The first kappa shape index (κ1) is 26.6. The average Bonchev–Trinajstić information content (AvgIpc) is 2.85. The molecule has 0 bridgehead atoms. The van der Waals surface area contributed by atoms with Crippen LogP contribution in [0.4, 0.5) is 0 Å². The minimum atomic E-state index is -2.75. The number of benzene rings is 2. The van der Waals surface area contributed by atoms with E-state index in [-0.39, 0.29) is 11.1 Å². The van der Waals surface area contributed by atoms with Gasteiger partial charge in [0.15, 0.2) is 12.2 Å². The van der Waals surface area contributed by atoms with Gasteiger partial charge in [0.2, 0.25) is 12.2 Å². The fourth-order valence-corrected chi connectivity index (χ4v) is 2.47. The summed E-state index contributed by atoms with van der Waals surface area (Å²) in [5.41, 5.74) is -0.284. The molecule has 0 radical (unpaired) electrons. The molecule has 2 aromatic rings. The Bertz CT molecular complexity index is 1100. The van der Waals surface area contributed by atoms with Crippen LogP contribution in [0.5, 0.6) is 0 Å². The Kier molecular flexibility index (Phi) is 9.14. The second-order valence-electron chi connectivity index (χ2n) is 6.69. The summed E-state index contributed by atoms with van der Waals surface area (Å²) >= 11 is 0. The van der Waals surface area contributed by atoms with E-state index in [9.17, 15) is 44.1 Å². The molecule has 0 saturated carbocycles. The van der Waals surface area contributed by atoms with Gasteiger partial charge in [0.05, 0.1) is 11.1 Å². The van der Waals surface area contributed by atoms with Crippen molar-refractivity contribution in [2.24, 2.45) is 0 Å². The number of aliphatic hydroxyl groups is 2. The van der Waals surface area contributed by atoms with Crippen molar-refractivity contribution in [2.75, 3.05) is 0 Å². The summed E-state index contributed by atoms with van der Waals surface area (Å²) < 4.78 is 13.9. The molecular weight excluding hydrogens is 472 g/mol. The van der Waals surface area contributed by atoms with Crippen molar-refractivity contribution in [1.82, 2.24) is 0 Å². The molecule has 4 unspecified atom stereocenters. The van der Waals surface area contributed by atoms with E-state index in [1.165, 1.54) is 54.6 Å². The van der Waals surface area contributed by atoms with Crippen LogP contribution in [0.2, 0.25) is 0 Å². The van der Waals surface area contributed by atoms with Crippen LogP contribution >= 0.6 is 0 Å². The Hall–Kier alpha value is -4.62. The minimum absolute atomic E-state index is 0.128. The van der Waals surface area contributed by atoms with Crippen molar-refractivity contribution in [3.8, 4) is 0 Å². The predicted octanol–water partition coefficient (Wildman–Crippen LogP) is -0.602. The second-order valence-corrected chi connectivity index (χ2v) is 6.69. The molecule has 184 valence electrons. The van der Waals surface area contributed by atoms with Gasteiger partial charge in [-0.05, 0) is 24.3 Å². The first-order valence-corrected chi connectivity index (χ1v) is 9.62. The summed E-state index contributed by atoms with van der Waals surface area (Å²) in [7, 11) is 0. The van der Waals surface area contributed by atoms with Crippen molar-refractivity contribution in [1.29, 1.82) is 0 Å². The van der Waals surface area contributed by atoms with E-state index < -0.39 is 60.2 Å². The third-order valence-electron chi connectivity index (χ3n) is 4.23. The van der Waals surface area contributed by atoms with E-state index in [4.69, 9.17) is 14.6 Å². The largest absolute Gasteiger partial charge is 0.479 e. The summed E-state index contributed by atoms with van der Waals surface area (Å²) in [6.07, 6.45) is -10.5. The molecule has 13 heteroatoms. The van der Waals surface area contributed by atoms with E-state index >= 15 is 0 Å². The molecule has 4 N–H and O–H groups in total. The van der Waals surface area contributed by atoms with E-state index in [1.54, 1.807) is 6.07 Å². The maximum Gasteiger partial charge on any atom is 0.359 e. The highest BCUT2D eigenvalue weighted by Crippen LogP contribution is 2.15. The molecule has 4 atom stereocenters. The molecule has 0 fully saturated rings. The Balaban J connectivity index is 2.34. The highest BCUT2D eigenvalue weighted by atomic mass is 16.6. The second kappa shape index (κ2) is 12.0. The lowest BCUT2D eigenvalue weighted by molar-refractivity contribution is -0.184. The quantitative estimate of drug-likeness (QED) is 0.186. The van der Waals surface area contributed by atoms with Crippen LogP contribution < -0.4 is 0 Å². The molecule has 13 nitrogen and oxygen atoms in total. The van der Waals surface area contributed by atoms with E-state index in [2.05, 4.69) is 4.74 Å². The molecule has 2 aromatic carbocycles. The van der Waals surface area contributed by atoms with Gasteiger partial charge in [-0.15, -0.1) is 0 Å². The molecule has 2 rings (SSSR count). The average molecular weight is 490 g/mol. The Labute approximate surface area is 196 Å². The number of aliphatic hydroxyl groups excluding tert-OH is 2. The summed E-state index contributed by atoms with van der Waals surface area (Å²) in [5, 5.41) is 37.0. The molecule has 0 saturated heterocycles. The zero-order valence-electron chi connectivity index (χ0n) is 17.5. The molecule has 0 spiro atoms. The number of carboxylic acid groups (broad SMARTS) is 2. The third kappa shape index (κ3) is 7.18. The Morgan fingerprint density at radius 1 is 0.571 bits per heavy atom. The fraction of sp³-hybridized carbons (Fsp3) is 0.182. The number of carbonyl (C=O) groups excluding carboxylic acids is 4. The molecule has 0 aliphatic carbocycles. The summed E-state index contributed by atoms with van der Waals surface area (Å²) in [6, 6.07) is 13.8. The van der Waals surface area contributed by atoms with Gasteiger partial charge in [-0.2, -0.15) is 0 Å². The summed E-state index contributed by atoms with van der Waals surface area (Å²) in [4.78, 5) is 71.8. The van der Waals surface area contributed by atoms with Gasteiger partial charge in [-0.25, -0.2) is 28.8 Å². The smallest absolute Gasteiger partial charge is 0.359 e. The van der Waals surface area contributed by atoms with E-state index in [1.807, 2.05) is 0 Å². The number of hydrogen-bond acceptors (Lipinski definition) is 11. The van der Waals surface area contributed by atoms with Crippen LogP contribution in [0.25, 0.3) is 0 Å². The highest BCUT2D eigenvalue weighted by Gasteiger charge is 2.44. The van der Waals surface area contributed by atoms with Crippen LogP contribution in [0.3, 0.4) is 0 Å². The topological polar surface area (TPSA) is 211 Å². The summed E-state index contributed by atoms with van der Waals surface area (Å²) in [6.45, 7) is 0. The summed E-state index contributed by atoms with van der Waals surface area (Å²) in [5.74, 6) is -10.4. The Morgan fingerprint density at radius 2 is 1.00 bits per heavy atom. The molecular formula is C22H18O13. The lowest BCUT2D eigenvalue weighted by Gasteiger charge is -2.23. The van der Waals surface area contributed by atoms with E-state index in [0.717, 1.165) is 0 Å². The number of aliphatic carboxylic acids is 2. The van der Waals surface area contributed by atoms with E-state index in [0.29, 0.717) is 0 Å². The van der Waals surface area contributed by atoms with Crippen LogP contribution in [-0.4, -0.2) is 80.7 Å². The van der Waals surface area contributed by atoms with Crippen molar-refractivity contribution >= 4 is 35.8 Å². The number of ether oxygens (including phenoxy) is 3. The molecule has 35 heavy (non-hydrogen) atoms. The zero-order chi connectivity index (χ0) is 26.1. The fourth-order valence-electron chi connectivity index (χ4n) is 2.47. The van der Waals surface area contributed by atoms with Crippen LogP contribution in [0, 0.1) is 0 Å². The molecule has 0 aromatic heterocycles. The van der Waals surface area contributed by atoms with Crippen molar-refractivity contribution in [3.05, 3.63) is 71.8 Å². The third-order valence-corrected chi connectivity index (χ3v) is 4.23.